The number of carbonyl (C=O) groups is 1. The molecule has 0 aliphatic rings. The molecule has 0 amide bonds. The molecule has 6 heteroatoms. The molecule has 0 spiro atoms. The second kappa shape index (κ2) is 10.1. The Morgan fingerprint density at radius 3 is 2.33 bits per heavy atom. The van der Waals surface area contributed by atoms with Gasteiger partial charge in [0.2, 0.25) is 0 Å². The summed E-state index contributed by atoms with van der Waals surface area (Å²) in [6.07, 6.45) is 0. The number of esters is 1. The average molecular weight is 297 g/mol. The molecule has 1 aromatic carbocycles. The van der Waals surface area contributed by atoms with Crippen molar-refractivity contribution in [1.82, 2.24) is 0 Å². The Morgan fingerprint density at radius 1 is 1.05 bits per heavy atom. The van der Waals surface area contributed by atoms with Crippen LogP contribution in [0, 0.1) is 6.92 Å². The Hall–Kier alpha value is -1.63. The van der Waals surface area contributed by atoms with Gasteiger partial charge in [-0.05, 0) is 19.1 Å². The number of hydrogen-bond acceptors (Lipinski definition) is 6. The summed E-state index contributed by atoms with van der Waals surface area (Å²) >= 11 is 0. The lowest BCUT2D eigenvalue weighted by Crippen LogP contribution is -2.14. The van der Waals surface area contributed by atoms with Crippen LogP contribution in [-0.2, 0) is 18.9 Å². The monoisotopic (exact) mass is 297 g/mol. The van der Waals surface area contributed by atoms with Crippen molar-refractivity contribution in [3.63, 3.8) is 0 Å². The largest absolute Gasteiger partial charge is 0.460 e. The fourth-order valence-electron chi connectivity index (χ4n) is 1.58. The third kappa shape index (κ3) is 7.08. The van der Waals surface area contributed by atoms with Crippen LogP contribution in [0.1, 0.15) is 15.9 Å². The summed E-state index contributed by atoms with van der Waals surface area (Å²) in [7, 11) is 1.62. The van der Waals surface area contributed by atoms with Gasteiger partial charge >= 0.3 is 5.97 Å². The standard InChI is InChI=1S/C15H23NO5/c1-12-3-4-14(16)13(11-12)15(17)21-10-9-20-8-7-19-6-5-18-2/h3-4,11H,5-10,16H2,1-2H3. The lowest BCUT2D eigenvalue weighted by Gasteiger charge is -2.08. The SMILES string of the molecule is COCCOCCOCCOC(=O)c1cc(C)ccc1N. The Kier molecular flexibility index (Phi) is 8.42. The van der Waals surface area contributed by atoms with Gasteiger partial charge in [-0.15, -0.1) is 0 Å². The molecule has 118 valence electrons. The Labute approximate surface area is 125 Å². The van der Waals surface area contributed by atoms with Crippen LogP contribution in [0.3, 0.4) is 0 Å². The van der Waals surface area contributed by atoms with Crippen LogP contribution < -0.4 is 5.73 Å². The van der Waals surface area contributed by atoms with Crippen LogP contribution in [0.2, 0.25) is 0 Å². The molecule has 2 N–H and O–H groups in total. The van der Waals surface area contributed by atoms with Crippen LogP contribution in [0.5, 0.6) is 0 Å². The topological polar surface area (TPSA) is 80.0 Å². The molecular weight excluding hydrogens is 274 g/mol. The fraction of sp³-hybridized carbons (Fsp3) is 0.533. The number of ether oxygens (including phenoxy) is 4. The van der Waals surface area contributed by atoms with E-state index >= 15 is 0 Å². The fourth-order valence-corrected chi connectivity index (χ4v) is 1.58. The molecule has 0 heterocycles. The minimum Gasteiger partial charge on any atom is -0.460 e. The number of nitrogens with two attached hydrogens (primary N) is 1. The first-order chi connectivity index (χ1) is 10.1. The Balaban J connectivity index is 2.12. The first kappa shape index (κ1) is 17.4. The van der Waals surface area contributed by atoms with Gasteiger partial charge in [-0.1, -0.05) is 11.6 Å². The van der Waals surface area contributed by atoms with E-state index in [-0.39, 0.29) is 6.61 Å². The van der Waals surface area contributed by atoms with Gasteiger partial charge in [0.25, 0.3) is 0 Å². The molecule has 0 bridgehead atoms. The van der Waals surface area contributed by atoms with E-state index < -0.39 is 5.97 Å². The zero-order chi connectivity index (χ0) is 15.5. The van der Waals surface area contributed by atoms with Gasteiger partial charge in [0, 0.05) is 12.8 Å². The van der Waals surface area contributed by atoms with Gasteiger partial charge in [-0.25, -0.2) is 4.79 Å². The van der Waals surface area contributed by atoms with Crippen molar-refractivity contribution < 1.29 is 23.7 Å². The van der Waals surface area contributed by atoms with Crippen molar-refractivity contribution >= 4 is 11.7 Å². The van der Waals surface area contributed by atoms with Crippen LogP contribution in [-0.4, -0.2) is 52.7 Å². The summed E-state index contributed by atoms with van der Waals surface area (Å²) in [6.45, 7) is 4.45. The lowest BCUT2D eigenvalue weighted by atomic mass is 10.1. The Bertz CT molecular complexity index is 436. The maximum Gasteiger partial charge on any atom is 0.340 e. The van der Waals surface area contributed by atoms with E-state index in [1.54, 1.807) is 19.2 Å². The van der Waals surface area contributed by atoms with Crippen molar-refractivity contribution in [3.05, 3.63) is 29.3 Å². The highest BCUT2D eigenvalue weighted by Crippen LogP contribution is 2.14. The smallest absolute Gasteiger partial charge is 0.340 e. The van der Waals surface area contributed by atoms with E-state index in [9.17, 15) is 4.79 Å². The van der Waals surface area contributed by atoms with Crippen molar-refractivity contribution in [1.29, 1.82) is 0 Å². The maximum absolute atomic E-state index is 11.8. The first-order valence-corrected chi connectivity index (χ1v) is 6.83. The highest BCUT2D eigenvalue weighted by Gasteiger charge is 2.10. The molecule has 0 atom stereocenters. The van der Waals surface area contributed by atoms with Crippen LogP contribution in [0.25, 0.3) is 0 Å². The summed E-state index contributed by atoms with van der Waals surface area (Å²) in [4.78, 5) is 11.8. The van der Waals surface area contributed by atoms with Gasteiger partial charge in [0.05, 0.1) is 38.6 Å². The molecule has 0 aromatic heterocycles. The second-order valence-electron chi connectivity index (χ2n) is 4.44. The van der Waals surface area contributed by atoms with Crippen molar-refractivity contribution in [3.8, 4) is 0 Å². The molecule has 0 unspecified atom stereocenters. The lowest BCUT2D eigenvalue weighted by molar-refractivity contribution is 0.00574. The minimum absolute atomic E-state index is 0.185. The summed E-state index contributed by atoms with van der Waals surface area (Å²) in [6, 6.07) is 5.25. The quantitative estimate of drug-likeness (QED) is 0.399. The number of hydrogen-bond donors (Lipinski definition) is 1. The third-order valence-corrected chi connectivity index (χ3v) is 2.69. The molecule has 6 nitrogen and oxygen atoms in total. The van der Waals surface area contributed by atoms with Gasteiger partial charge in [0.15, 0.2) is 0 Å². The number of anilines is 1. The first-order valence-electron chi connectivity index (χ1n) is 6.83. The van der Waals surface area contributed by atoms with Crippen molar-refractivity contribution in [2.75, 3.05) is 52.5 Å². The number of methoxy groups -OCH3 is 1. The third-order valence-electron chi connectivity index (χ3n) is 2.69. The van der Waals surface area contributed by atoms with Gasteiger partial charge < -0.3 is 24.7 Å². The van der Waals surface area contributed by atoms with Gasteiger partial charge in [-0.2, -0.15) is 0 Å². The van der Waals surface area contributed by atoms with Crippen molar-refractivity contribution in [2.45, 2.75) is 6.92 Å². The normalized spacial score (nSPS) is 10.6. The van der Waals surface area contributed by atoms with E-state index in [1.165, 1.54) is 0 Å². The molecule has 0 aliphatic carbocycles. The summed E-state index contributed by atoms with van der Waals surface area (Å²) in [5.74, 6) is -0.434. The summed E-state index contributed by atoms with van der Waals surface area (Å²) in [5, 5.41) is 0. The molecule has 1 aromatic rings. The number of benzene rings is 1. The average Bonchev–Trinajstić information content (AvgIpc) is 2.48. The predicted octanol–water partition coefficient (Wildman–Crippen LogP) is 1.41. The number of rotatable bonds is 10. The number of aryl methyl sites for hydroxylation is 1. The van der Waals surface area contributed by atoms with Gasteiger partial charge in [0.1, 0.15) is 6.61 Å². The van der Waals surface area contributed by atoms with E-state index in [4.69, 9.17) is 24.7 Å². The van der Waals surface area contributed by atoms with Crippen LogP contribution in [0.15, 0.2) is 18.2 Å². The zero-order valence-corrected chi connectivity index (χ0v) is 12.6. The van der Waals surface area contributed by atoms with Crippen molar-refractivity contribution in [2.24, 2.45) is 0 Å². The highest BCUT2D eigenvalue weighted by molar-refractivity contribution is 5.95. The van der Waals surface area contributed by atoms with Gasteiger partial charge in [-0.3, -0.25) is 0 Å². The van der Waals surface area contributed by atoms with Crippen LogP contribution >= 0.6 is 0 Å². The molecule has 0 saturated heterocycles. The molecular formula is C15H23NO5. The molecule has 0 radical (unpaired) electrons. The molecule has 0 saturated carbocycles. The molecule has 1 rings (SSSR count). The molecule has 21 heavy (non-hydrogen) atoms. The Morgan fingerprint density at radius 2 is 1.67 bits per heavy atom. The van der Waals surface area contributed by atoms with E-state index in [0.717, 1.165) is 5.56 Å². The van der Waals surface area contributed by atoms with Crippen LogP contribution in [0.4, 0.5) is 5.69 Å². The second-order valence-corrected chi connectivity index (χ2v) is 4.44. The maximum atomic E-state index is 11.8. The predicted molar refractivity (Wildman–Crippen MR) is 79.4 cm³/mol. The summed E-state index contributed by atoms with van der Waals surface area (Å²) in [5.41, 5.74) is 7.50. The van der Waals surface area contributed by atoms with E-state index in [1.807, 2.05) is 13.0 Å². The summed E-state index contributed by atoms with van der Waals surface area (Å²) < 4.78 is 20.4. The number of carbonyl (C=O) groups excluding carboxylic acids is 1. The number of nitrogen functional groups attached to an aromatic ring is 1. The molecule has 0 aliphatic heterocycles. The minimum atomic E-state index is -0.434. The van der Waals surface area contributed by atoms with E-state index in [0.29, 0.717) is 44.3 Å². The zero-order valence-electron chi connectivity index (χ0n) is 12.6. The highest BCUT2D eigenvalue weighted by atomic mass is 16.6. The molecule has 0 fully saturated rings. The van der Waals surface area contributed by atoms with E-state index in [2.05, 4.69) is 0 Å².